The molecule has 0 fully saturated rings. The third-order valence-electron chi connectivity index (χ3n) is 12.9. The fraction of sp³-hybridized carbons (Fsp3) is 0.103. The second kappa shape index (κ2) is 15.0. The van der Waals surface area contributed by atoms with Crippen molar-refractivity contribution in [1.29, 1.82) is 5.26 Å². The molecule has 4 heteroatoms. The highest BCUT2D eigenvalue weighted by Gasteiger charge is 2.37. The van der Waals surface area contributed by atoms with Crippen LogP contribution in [0.3, 0.4) is 0 Å². The topological polar surface area (TPSA) is 34.6 Å². The summed E-state index contributed by atoms with van der Waals surface area (Å²) in [6, 6.07) is 66.2. The highest BCUT2D eigenvalue weighted by molar-refractivity contribution is 5.89. The van der Waals surface area contributed by atoms with Crippen LogP contribution in [-0.4, -0.2) is 0 Å². The van der Waals surface area contributed by atoms with Gasteiger partial charge in [0.25, 0.3) is 0 Å². The van der Waals surface area contributed by atoms with Gasteiger partial charge in [0.2, 0.25) is 0 Å². The predicted octanol–water partition coefficient (Wildman–Crippen LogP) is 15.8. The van der Waals surface area contributed by atoms with Gasteiger partial charge in [-0.1, -0.05) is 137 Å². The van der Waals surface area contributed by atoms with E-state index in [9.17, 15) is 5.26 Å². The number of hydrogen-bond acceptors (Lipinski definition) is 3. The summed E-state index contributed by atoms with van der Waals surface area (Å²) in [6.45, 7) is 16.8. The van der Waals surface area contributed by atoms with E-state index < -0.39 is 0 Å². The minimum absolute atomic E-state index is 0.209. The van der Waals surface area contributed by atoms with Crippen molar-refractivity contribution < 1.29 is 0 Å². The third kappa shape index (κ3) is 6.46. The zero-order valence-corrected chi connectivity index (χ0v) is 35.3. The van der Waals surface area contributed by atoms with E-state index in [1.165, 1.54) is 55.6 Å². The molecule has 0 heterocycles. The summed E-state index contributed by atoms with van der Waals surface area (Å²) in [4.78, 5) is 8.15. The molecule has 0 N–H and O–H groups in total. The van der Waals surface area contributed by atoms with Gasteiger partial charge in [-0.15, -0.1) is 0 Å². The Bertz CT molecular complexity index is 2910. The maximum atomic E-state index is 9.46. The quantitative estimate of drug-likeness (QED) is 0.113. The number of hydrogen-bond donors (Lipinski definition) is 0. The van der Waals surface area contributed by atoms with Crippen LogP contribution in [0.5, 0.6) is 0 Å². The van der Waals surface area contributed by atoms with Crippen LogP contribution in [0.2, 0.25) is 0 Å². The van der Waals surface area contributed by atoms with Gasteiger partial charge >= 0.3 is 0 Å². The maximum Gasteiger partial charge on any atom is 0.187 e. The Morgan fingerprint density at radius 3 is 1.19 bits per heavy atom. The highest BCUT2D eigenvalue weighted by atomic mass is 15.1. The summed E-state index contributed by atoms with van der Waals surface area (Å²) < 4.78 is 0. The summed E-state index contributed by atoms with van der Waals surface area (Å²) >= 11 is 0. The Hall–Kier alpha value is -7.92. The van der Waals surface area contributed by atoms with Crippen LogP contribution < -0.4 is 9.80 Å². The normalized spacial score (nSPS) is 13.6. The number of benzene rings is 8. The minimum Gasteiger partial charge on any atom is -0.311 e. The molecule has 0 spiro atoms. The van der Waals surface area contributed by atoms with Crippen molar-refractivity contribution in [3.63, 3.8) is 0 Å². The molecule has 296 valence electrons. The second-order valence-electron chi connectivity index (χ2n) is 17.3. The number of fused-ring (bicyclic) bond motifs is 6. The lowest BCUT2D eigenvalue weighted by molar-refractivity contribution is 0.660. The molecule has 0 aromatic heterocycles. The molecule has 62 heavy (non-hydrogen) atoms. The van der Waals surface area contributed by atoms with Gasteiger partial charge in [-0.05, 0) is 141 Å². The van der Waals surface area contributed by atoms with Gasteiger partial charge in [0.05, 0.1) is 18.2 Å². The Morgan fingerprint density at radius 2 is 0.790 bits per heavy atom. The van der Waals surface area contributed by atoms with E-state index in [2.05, 4.69) is 182 Å². The lowest BCUT2D eigenvalue weighted by Crippen LogP contribution is -2.16. The first-order valence-corrected chi connectivity index (χ1v) is 21.1. The van der Waals surface area contributed by atoms with Crippen molar-refractivity contribution in [3.05, 3.63) is 232 Å². The van der Waals surface area contributed by atoms with Gasteiger partial charge in [-0.25, -0.2) is 4.85 Å². The fourth-order valence-electron chi connectivity index (χ4n) is 9.57. The molecular formula is C58H44N4. The molecule has 4 nitrogen and oxygen atoms in total. The molecule has 0 unspecified atom stereocenters. The summed E-state index contributed by atoms with van der Waals surface area (Å²) in [6.07, 6.45) is 4.50. The van der Waals surface area contributed by atoms with Gasteiger partial charge in [-0.3, -0.25) is 0 Å². The van der Waals surface area contributed by atoms with E-state index >= 15 is 0 Å². The molecule has 0 bridgehead atoms. The zero-order chi connectivity index (χ0) is 42.6. The summed E-state index contributed by atoms with van der Waals surface area (Å²) in [5.74, 6) is 0. The Labute approximate surface area is 364 Å². The molecule has 0 aliphatic heterocycles. The Morgan fingerprint density at radius 1 is 0.435 bits per heavy atom. The van der Waals surface area contributed by atoms with Gasteiger partial charge in [-0.2, -0.15) is 5.26 Å². The number of rotatable bonds is 8. The SMILES string of the molecule is [C-]#[N+]c1ccc(N(c2ccccc2)c2ccc3c(c2)C(C)(C)c2cc(/C=C/c4ccc5c(c4)C(C)(C)c4cc(N(c6ccccc6)c6ccc(C#N)cc6)ccc4-5)ccc2-3)cc1. The standard InChI is InChI=1S/C58H44N4/c1-57(2)53-34-39(20-30-49(53)51-32-28-47(36-55(51)57)61(43-12-8-6-9-13-43)45-24-18-41(38-59)19-25-45)16-17-40-21-31-50-52-33-29-48(37-56(52)58(3,4)54(50)35-40)62(44-14-10-7-11-15-44)46-26-22-42(60-5)23-27-46/h6-37H,1-4H3/b17-16+. The first-order valence-electron chi connectivity index (χ1n) is 21.1. The van der Waals surface area contributed by atoms with E-state index in [1.807, 2.05) is 60.7 Å². The molecule has 0 amide bonds. The van der Waals surface area contributed by atoms with Crippen molar-refractivity contribution in [2.24, 2.45) is 0 Å². The molecular weight excluding hydrogens is 753 g/mol. The second-order valence-corrected chi connectivity index (χ2v) is 17.3. The predicted molar refractivity (Wildman–Crippen MR) is 257 cm³/mol. The number of para-hydroxylation sites is 2. The third-order valence-corrected chi connectivity index (χ3v) is 12.9. The van der Waals surface area contributed by atoms with Crippen molar-refractivity contribution >= 4 is 52.0 Å². The summed E-state index contributed by atoms with van der Waals surface area (Å²) in [5.41, 5.74) is 19.9. The van der Waals surface area contributed by atoms with E-state index in [-0.39, 0.29) is 10.8 Å². The molecule has 8 aromatic carbocycles. The van der Waals surface area contributed by atoms with Crippen molar-refractivity contribution in [2.45, 2.75) is 38.5 Å². The van der Waals surface area contributed by atoms with E-state index in [0.717, 1.165) is 34.1 Å². The minimum atomic E-state index is -0.211. The van der Waals surface area contributed by atoms with E-state index in [0.29, 0.717) is 11.3 Å². The first kappa shape index (κ1) is 38.3. The molecule has 0 saturated heterocycles. The van der Waals surface area contributed by atoms with Crippen LogP contribution >= 0.6 is 0 Å². The Balaban J connectivity index is 0.938. The smallest absolute Gasteiger partial charge is 0.187 e. The van der Waals surface area contributed by atoms with Crippen molar-refractivity contribution in [3.8, 4) is 28.3 Å². The fourth-order valence-corrected chi connectivity index (χ4v) is 9.57. The molecule has 8 aromatic rings. The molecule has 0 saturated carbocycles. The van der Waals surface area contributed by atoms with Gasteiger partial charge in [0.1, 0.15) is 0 Å². The molecule has 0 radical (unpaired) electrons. The lowest BCUT2D eigenvalue weighted by atomic mass is 9.81. The molecule has 2 aliphatic rings. The maximum absolute atomic E-state index is 9.46. The Kier molecular flexibility index (Phi) is 9.24. The molecule has 2 aliphatic carbocycles. The lowest BCUT2D eigenvalue weighted by Gasteiger charge is -2.28. The van der Waals surface area contributed by atoms with E-state index in [1.54, 1.807) is 0 Å². The molecule has 0 atom stereocenters. The van der Waals surface area contributed by atoms with Crippen LogP contribution in [0.25, 0.3) is 39.3 Å². The summed E-state index contributed by atoms with van der Waals surface area (Å²) in [5, 5.41) is 9.46. The van der Waals surface area contributed by atoms with Gasteiger partial charge in [0, 0.05) is 45.0 Å². The average Bonchev–Trinajstić information content (AvgIpc) is 3.67. The van der Waals surface area contributed by atoms with Crippen LogP contribution in [0.15, 0.2) is 182 Å². The van der Waals surface area contributed by atoms with Crippen LogP contribution in [0, 0.1) is 17.9 Å². The number of anilines is 6. The summed E-state index contributed by atoms with van der Waals surface area (Å²) in [7, 11) is 0. The largest absolute Gasteiger partial charge is 0.311 e. The van der Waals surface area contributed by atoms with Crippen molar-refractivity contribution in [1.82, 2.24) is 0 Å². The number of nitrogens with zero attached hydrogens (tertiary/aromatic N) is 4. The first-order chi connectivity index (χ1) is 30.1. The van der Waals surface area contributed by atoms with E-state index in [4.69, 9.17) is 6.57 Å². The zero-order valence-electron chi connectivity index (χ0n) is 35.3. The van der Waals surface area contributed by atoms with Crippen LogP contribution in [-0.2, 0) is 10.8 Å². The number of nitriles is 1. The van der Waals surface area contributed by atoms with Crippen molar-refractivity contribution in [2.75, 3.05) is 9.80 Å². The van der Waals surface area contributed by atoms with Gasteiger partial charge in [0.15, 0.2) is 5.69 Å². The van der Waals surface area contributed by atoms with Crippen LogP contribution in [0.4, 0.5) is 39.8 Å². The molecule has 10 rings (SSSR count). The monoisotopic (exact) mass is 796 g/mol. The average molecular weight is 797 g/mol. The highest BCUT2D eigenvalue weighted by Crippen LogP contribution is 2.53. The van der Waals surface area contributed by atoms with Crippen LogP contribution in [0.1, 0.15) is 66.6 Å². The van der Waals surface area contributed by atoms with Gasteiger partial charge < -0.3 is 9.80 Å².